The molecule has 1 heterocycles. The number of nitrogens with zero attached hydrogens (tertiary/aromatic N) is 1. The third kappa shape index (κ3) is 3.38. The molecule has 1 saturated heterocycles. The van der Waals surface area contributed by atoms with Crippen LogP contribution in [0.4, 0.5) is 4.79 Å². The summed E-state index contributed by atoms with van der Waals surface area (Å²) in [5, 5.41) is 5.62. The molecule has 0 bridgehead atoms. The summed E-state index contributed by atoms with van der Waals surface area (Å²) in [6.45, 7) is 0.209. The van der Waals surface area contributed by atoms with Crippen molar-refractivity contribution in [1.82, 2.24) is 15.5 Å². The lowest BCUT2D eigenvalue weighted by molar-refractivity contribution is -0.135. The van der Waals surface area contributed by atoms with Gasteiger partial charge in [0.2, 0.25) is 5.91 Å². The highest BCUT2D eigenvalue weighted by atomic mass is 32.2. The lowest BCUT2D eigenvalue weighted by Crippen LogP contribution is -2.44. The molecule has 4 rings (SSSR count). The number of hydrogen-bond donors (Lipinski definition) is 2. The maximum Gasteiger partial charge on any atom is 0.325 e. The van der Waals surface area contributed by atoms with Crippen molar-refractivity contribution in [2.75, 3.05) is 18.8 Å². The van der Waals surface area contributed by atoms with Gasteiger partial charge in [0.15, 0.2) is 0 Å². The summed E-state index contributed by atoms with van der Waals surface area (Å²) in [5.41, 5.74) is 0.896. The molecule has 1 unspecified atom stereocenters. The van der Waals surface area contributed by atoms with Gasteiger partial charge in [0.1, 0.15) is 12.1 Å². The largest absolute Gasteiger partial charge is 0.354 e. The third-order valence-corrected chi connectivity index (χ3v) is 6.17. The molecular formula is C21H21N3O3S. The molecule has 2 aromatic rings. The van der Waals surface area contributed by atoms with Gasteiger partial charge < -0.3 is 10.6 Å². The van der Waals surface area contributed by atoms with E-state index in [0.717, 1.165) is 27.3 Å². The number of fused-ring (bicyclic) bond motifs is 2. The van der Waals surface area contributed by atoms with Crippen LogP contribution in [-0.4, -0.2) is 41.6 Å². The summed E-state index contributed by atoms with van der Waals surface area (Å²) in [7, 11) is 0. The second-order valence-corrected chi connectivity index (χ2v) is 8.06. The fourth-order valence-corrected chi connectivity index (χ4v) is 4.60. The number of carbonyl (C=O) groups excluding carboxylic acids is 3. The number of urea groups is 1. The van der Waals surface area contributed by atoms with Crippen molar-refractivity contribution >= 4 is 29.6 Å². The van der Waals surface area contributed by atoms with Crippen molar-refractivity contribution in [2.24, 2.45) is 0 Å². The average molecular weight is 395 g/mol. The minimum Gasteiger partial charge on any atom is -0.354 e. The molecule has 2 aliphatic rings. The van der Waals surface area contributed by atoms with E-state index < -0.39 is 11.6 Å². The molecule has 2 aromatic carbocycles. The van der Waals surface area contributed by atoms with E-state index in [0.29, 0.717) is 18.7 Å². The third-order valence-electron chi connectivity index (χ3n) is 5.16. The van der Waals surface area contributed by atoms with Crippen LogP contribution >= 0.6 is 11.8 Å². The van der Waals surface area contributed by atoms with Crippen LogP contribution in [0.25, 0.3) is 0 Å². The van der Waals surface area contributed by atoms with E-state index in [1.165, 1.54) is 0 Å². The fraction of sp³-hybridized carbons (Fsp3) is 0.286. The van der Waals surface area contributed by atoms with Crippen LogP contribution in [-0.2, 0) is 21.5 Å². The molecule has 1 atom stereocenters. The van der Waals surface area contributed by atoms with Crippen LogP contribution in [0.3, 0.4) is 0 Å². The Balaban J connectivity index is 1.33. The van der Waals surface area contributed by atoms with Crippen LogP contribution in [0.5, 0.6) is 0 Å². The van der Waals surface area contributed by atoms with Gasteiger partial charge in [-0.2, -0.15) is 0 Å². The van der Waals surface area contributed by atoms with Crippen LogP contribution in [0.2, 0.25) is 0 Å². The van der Waals surface area contributed by atoms with Gasteiger partial charge in [-0.1, -0.05) is 42.5 Å². The van der Waals surface area contributed by atoms with Crippen LogP contribution < -0.4 is 10.6 Å². The van der Waals surface area contributed by atoms with Gasteiger partial charge in [0.05, 0.1) is 0 Å². The summed E-state index contributed by atoms with van der Waals surface area (Å²) >= 11 is 1.64. The van der Waals surface area contributed by atoms with Crippen molar-refractivity contribution in [1.29, 1.82) is 0 Å². The molecule has 6 nitrogen and oxygen atoms in total. The minimum atomic E-state index is -1.02. The smallest absolute Gasteiger partial charge is 0.325 e. The number of imide groups is 1. The number of aryl methyl sites for hydroxylation is 1. The summed E-state index contributed by atoms with van der Waals surface area (Å²) in [4.78, 5) is 39.8. The van der Waals surface area contributed by atoms with Crippen molar-refractivity contribution in [3.8, 4) is 0 Å². The van der Waals surface area contributed by atoms with Crippen molar-refractivity contribution in [3.63, 3.8) is 0 Å². The first-order valence-electron chi connectivity index (χ1n) is 9.27. The van der Waals surface area contributed by atoms with Gasteiger partial charge in [0.25, 0.3) is 5.91 Å². The van der Waals surface area contributed by atoms with Gasteiger partial charge in [-0.25, -0.2) is 4.79 Å². The molecule has 144 valence electrons. The molecule has 7 heteroatoms. The molecule has 0 saturated carbocycles. The van der Waals surface area contributed by atoms with Gasteiger partial charge in [-0.15, -0.1) is 11.8 Å². The lowest BCUT2D eigenvalue weighted by Gasteiger charge is -2.22. The molecule has 1 aliphatic heterocycles. The Kier molecular flexibility index (Phi) is 5.09. The Morgan fingerprint density at radius 3 is 2.68 bits per heavy atom. The summed E-state index contributed by atoms with van der Waals surface area (Å²) in [6, 6.07) is 17.1. The van der Waals surface area contributed by atoms with Crippen LogP contribution in [0.15, 0.2) is 59.5 Å². The Bertz CT molecular complexity index is 918. The SMILES string of the molecule is O=C(CN1C(=O)NC2(CCc3ccccc32)C1=O)NCCSc1ccccc1. The number of amides is 4. The average Bonchev–Trinajstić information content (AvgIpc) is 3.20. The van der Waals surface area contributed by atoms with E-state index in [-0.39, 0.29) is 18.4 Å². The molecule has 4 amide bonds. The Morgan fingerprint density at radius 2 is 1.86 bits per heavy atom. The maximum atomic E-state index is 13.0. The topological polar surface area (TPSA) is 78.5 Å². The summed E-state index contributed by atoms with van der Waals surface area (Å²) < 4.78 is 0. The zero-order valence-corrected chi connectivity index (χ0v) is 16.1. The van der Waals surface area contributed by atoms with Crippen molar-refractivity contribution in [3.05, 3.63) is 65.7 Å². The summed E-state index contributed by atoms with van der Waals surface area (Å²) in [6.07, 6.45) is 1.27. The second-order valence-electron chi connectivity index (χ2n) is 6.90. The quantitative estimate of drug-likeness (QED) is 0.447. The minimum absolute atomic E-state index is 0.259. The highest BCUT2D eigenvalue weighted by molar-refractivity contribution is 7.99. The van der Waals surface area contributed by atoms with E-state index in [2.05, 4.69) is 10.6 Å². The summed E-state index contributed by atoms with van der Waals surface area (Å²) in [5.74, 6) is 0.0458. The maximum absolute atomic E-state index is 13.0. The van der Waals surface area contributed by atoms with Gasteiger partial charge >= 0.3 is 6.03 Å². The van der Waals surface area contributed by atoms with Gasteiger partial charge in [-0.3, -0.25) is 14.5 Å². The number of nitrogens with one attached hydrogen (secondary N) is 2. The lowest BCUT2D eigenvalue weighted by atomic mass is 9.92. The van der Waals surface area contributed by atoms with E-state index >= 15 is 0 Å². The van der Waals surface area contributed by atoms with Crippen LogP contribution in [0, 0.1) is 0 Å². The highest BCUT2D eigenvalue weighted by Gasteiger charge is 2.55. The number of rotatable bonds is 6. The predicted molar refractivity (Wildman–Crippen MR) is 107 cm³/mol. The Morgan fingerprint density at radius 1 is 1.11 bits per heavy atom. The Hall–Kier alpha value is -2.80. The standard InChI is InChI=1S/C21H21N3O3S/c25-18(22-12-13-28-16-7-2-1-3-8-16)14-24-19(26)21(23-20(24)27)11-10-15-6-4-5-9-17(15)21/h1-9H,10-14H2,(H,22,25)(H,23,27). The molecule has 2 N–H and O–H groups in total. The molecular weight excluding hydrogens is 374 g/mol. The van der Waals surface area contributed by atoms with E-state index in [1.807, 2.05) is 54.6 Å². The molecule has 0 aromatic heterocycles. The van der Waals surface area contributed by atoms with Gasteiger partial charge in [0, 0.05) is 17.2 Å². The van der Waals surface area contributed by atoms with Crippen molar-refractivity contribution in [2.45, 2.75) is 23.3 Å². The molecule has 1 aliphatic carbocycles. The Labute approximate surface area is 167 Å². The van der Waals surface area contributed by atoms with E-state index in [1.54, 1.807) is 11.8 Å². The normalized spacial score (nSPS) is 20.4. The first-order chi connectivity index (χ1) is 13.6. The molecule has 0 radical (unpaired) electrons. The second kappa shape index (κ2) is 7.67. The number of carbonyl (C=O) groups is 3. The van der Waals surface area contributed by atoms with Crippen molar-refractivity contribution < 1.29 is 14.4 Å². The van der Waals surface area contributed by atoms with E-state index in [4.69, 9.17) is 0 Å². The molecule has 1 spiro atoms. The first kappa shape index (κ1) is 18.6. The zero-order valence-electron chi connectivity index (χ0n) is 15.3. The van der Waals surface area contributed by atoms with Gasteiger partial charge in [-0.05, 0) is 36.1 Å². The first-order valence-corrected chi connectivity index (χ1v) is 10.3. The number of benzene rings is 2. The fourth-order valence-electron chi connectivity index (χ4n) is 3.81. The highest BCUT2D eigenvalue weighted by Crippen LogP contribution is 2.41. The van der Waals surface area contributed by atoms with Crippen LogP contribution in [0.1, 0.15) is 17.5 Å². The molecule has 28 heavy (non-hydrogen) atoms. The predicted octanol–water partition coefficient (Wildman–Crippen LogP) is 2.29. The number of thioether (sulfide) groups is 1. The van der Waals surface area contributed by atoms with E-state index in [9.17, 15) is 14.4 Å². The zero-order chi connectivity index (χ0) is 19.6. The number of hydrogen-bond acceptors (Lipinski definition) is 4. The molecule has 1 fully saturated rings. The monoisotopic (exact) mass is 395 g/mol.